The number of rotatable bonds is 15. The standard InChI is InChI=1S/C33H40Cl2O6S/c1-6-23(19-29(36)37)28-14-13-25(17-21(28)4)41-20-22-11-9-12-24(18-22)30-26(7-2)31(34)33(32(35)27(30)8-3)40-15-10-16-42(5,38)39/h9,11-14,17-18,23H,6-8,10,15-16,19-20H2,1-5H3,(H,36,37)/t23-/m0/s1. The van der Waals surface area contributed by atoms with Gasteiger partial charge < -0.3 is 14.6 Å². The van der Waals surface area contributed by atoms with Gasteiger partial charge in [0.15, 0.2) is 5.75 Å². The van der Waals surface area contributed by atoms with Crippen LogP contribution in [-0.4, -0.2) is 38.1 Å². The van der Waals surface area contributed by atoms with Gasteiger partial charge in [0.2, 0.25) is 0 Å². The van der Waals surface area contributed by atoms with Gasteiger partial charge >= 0.3 is 5.97 Å². The molecule has 0 spiro atoms. The van der Waals surface area contributed by atoms with Crippen LogP contribution in [0.15, 0.2) is 42.5 Å². The smallest absolute Gasteiger partial charge is 0.303 e. The number of carboxylic acid groups (broad SMARTS) is 1. The fourth-order valence-electron chi connectivity index (χ4n) is 5.27. The van der Waals surface area contributed by atoms with E-state index in [1.807, 2.05) is 64.1 Å². The maximum Gasteiger partial charge on any atom is 0.303 e. The van der Waals surface area contributed by atoms with E-state index in [1.165, 1.54) is 6.26 Å². The van der Waals surface area contributed by atoms with Crippen LogP contribution >= 0.6 is 23.2 Å². The molecule has 0 amide bonds. The topological polar surface area (TPSA) is 89.9 Å². The van der Waals surface area contributed by atoms with Crippen LogP contribution in [0.5, 0.6) is 11.5 Å². The molecular weight excluding hydrogens is 595 g/mol. The molecule has 0 saturated carbocycles. The molecule has 228 valence electrons. The summed E-state index contributed by atoms with van der Waals surface area (Å²) in [7, 11) is -3.08. The lowest BCUT2D eigenvalue weighted by molar-refractivity contribution is -0.137. The van der Waals surface area contributed by atoms with Gasteiger partial charge in [-0.15, -0.1) is 0 Å². The Balaban J connectivity index is 1.86. The average molecular weight is 636 g/mol. The lowest BCUT2D eigenvalue weighted by Gasteiger charge is -2.22. The zero-order valence-corrected chi connectivity index (χ0v) is 27.3. The summed E-state index contributed by atoms with van der Waals surface area (Å²) in [6.45, 7) is 8.60. The molecule has 0 fully saturated rings. The Labute approximate surface area is 259 Å². The van der Waals surface area contributed by atoms with Gasteiger partial charge in [-0.3, -0.25) is 4.79 Å². The molecule has 0 radical (unpaired) electrons. The third-order valence-corrected chi connectivity index (χ3v) is 9.19. The van der Waals surface area contributed by atoms with Gasteiger partial charge in [0, 0.05) is 6.26 Å². The Kier molecular flexibility index (Phi) is 12.2. The van der Waals surface area contributed by atoms with Gasteiger partial charge in [0.25, 0.3) is 0 Å². The second kappa shape index (κ2) is 15.1. The van der Waals surface area contributed by atoms with Crippen LogP contribution in [0.2, 0.25) is 10.0 Å². The molecule has 0 bridgehead atoms. The number of carbonyl (C=O) groups is 1. The summed E-state index contributed by atoms with van der Waals surface area (Å²) in [5.74, 6) is 0.324. The van der Waals surface area contributed by atoms with Crippen LogP contribution in [-0.2, 0) is 34.1 Å². The molecule has 1 atom stereocenters. The molecule has 0 saturated heterocycles. The molecule has 0 heterocycles. The summed E-state index contributed by atoms with van der Waals surface area (Å²) in [6, 6.07) is 13.9. The van der Waals surface area contributed by atoms with E-state index in [4.69, 9.17) is 32.7 Å². The van der Waals surface area contributed by atoms with Crippen LogP contribution in [0, 0.1) is 6.92 Å². The van der Waals surface area contributed by atoms with E-state index in [-0.39, 0.29) is 24.7 Å². The van der Waals surface area contributed by atoms with Crippen molar-refractivity contribution in [1.82, 2.24) is 0 Å². The minimum absolute atomic E-state index is 0.0309. The summed E-state index contributed by atoms with van der Waals surface area (Å²) in [5, 5.41) is 10.1. The quantitative estimate of drug-likeness (QED) is 0.169. The number of carboxylic acids is 1. The Morgan fingerprint density at radius 1 is 0.976 bits per heavy atom. The van der Waals surface area contributed by atoms with Crippen molar-refractivity contribution in [1.29, 1.82) is 0 Å². The maximum atomic E-state index is 11.5. The van der Waals surface area contributed by atoms with E-state index in [2.05, 4.69) is 6.07 Å². The van der Waals surface area contributed by atoms with Gasteiger partial charge in [0.1, 0.15) is 22.2 Å². The summed E-state index contributed by atoms with van der Waals surface area (Å²) >= 11 is 13.7. The van der Waals surface area contributed by atoms with E-state index >= 15 is 0 Å². The predicted octanol–water partition coefficient (Wildman–Crippen LogP) is 8.45. The summed E-state index contributed by atoms with van der Waals surface area (Å²) in [4.78, 5) is 11.3. The third kappa shape index (κ3) is 8.65. The van der Waals surface area contributed by atoms with Crippen molar-refractivity contribution in [3.63, 3.8) is 0 Å². The normalized spacial score (nSPS) is 12.3. The number of benzene rings is 3. The molecule has 42 heavy (non-hydrogen) atoms. The third-order valence-electron chi connectivity index (χ3n) is 7.36. The van der Waals surface area contributed by atoms with Crippen molar-refractivity contribution >= 4 is 39.0 Å². The SMILES string of the molecule is CCc1c(Cl)c(OCCCS(C)(=O)=O)c(Cl)c(CC)c1-c1cccc(COc2ccc([C@@H](CC)CC(=O)O)c(C)c2)c1. The summed E-state index contributed by atoms with van der Waals surface area (Å²) in [5.41, 5.74) is 6.82. The van der Waals surface area contributed by atoms with Gasteiger partial charge in [0.05, 0.1) is 28.8 Å². The van der Waals surface area contributed by atoms with Crippen molar-refractivity contribution in [2.45, 2.75) is 72.3 Å². The fraction of sp³-hybridized carbons (Fsp3) is 0.424. The van der Waals surface area contributed by atoms with E-state index in [0.717, 1.165) is 51.1 Å². The number of sulfone groups is 1. The van der Waals surface area contributed by atoms with Crippen molar-refractivity contribution in [2.75, 3.05) is 18.6 Å². The minimum Gasteiger partial charge on any atom is -0.490 e. The lowest BCUT2D eigenvalue weighted by atomic mass is 9.90. The molecule has 3 aromatic rings. The first kappa shape index (κ1) is 33.8. The second-order valence-corrected chi connectivity index (χ2v) is 13.6. The zero-order valence-electron chi connectivity index (χ0n) is 24.9. The van der Waals surface area contributed by atoms with Gasteiger partial charge in [-0.2, -0.15) is 0 Å². The number of hydrogen-bond donors (Lipinski definition) is 1. The largest absolute Gasteiger partial charge is 0.490 e. The van der Waals surface area contributed by atoms with E-state index < -0.39 is 15.8 Å². The van der Waals surface area contributed by atoms with Crippen molar-refractivity contribution in [2.24, 2.45) is 0 Å². The first-order chi connectivity index (χ1) is 19.9. The molecule has 0 unspecified atom stereocenters. The molecule has 3 aromatic carbocycles. The minimum atomic E-state index is -3.08. The van der Waals surface area contributed by atoms with Gasteiger partial charge in [-0.25, -0.2) is 8.42 Å². The number of halogens is 2. The first-order valence-corrected chi connectivity index (χ1v) is 17.1. The monoisotopic (exact) mass is 634 g/mol. The Morgan fingerprint density at radius 2 is 1.64 bits per heavy atom. The lowest BCUT2D eigenvalue weighted by Crippen LogP contribution is -2.09. The van der Waals surface area contributed by atoms with Crippen LogP contribution in [0.3, 0.4) is 0 Å². The highest BCUT2D eigenvalue weighted by molar-refractivity contribution is 7.90. The van der Waals surface area contributed by atoms with Crippen LogP contribution < -0.4 is 9.47 Å². The molecule has 3 rings (SSSR count). The fourth-order valence-corrected chi connectivity index (χ4v) is 6.72. The summed E-state index contributed by atoms with van der Waals surface area (Å²) < 4.78 is 35.1. The molecule has 6 nitrogen and oxygen atoms in total. The van der Waals surface area contributed by atoms with E-state index in [9.17, 15) is 18.3 Å². The molecular formula is C33H40Cl2O6S. The number of hydrogen-bond acceptors (Lipinski definition) is 5. The summed E-state index contributed by atoms with van der Waals surface area (Å²) in [6.07, 6.45) is 3.73. The maximum absolute atomic E-state index is 11.5. The highest BCUT2D eigenvalue weighted by atomic mass is 35.5. The highest BCUT2D eigenvalue weighted by Gasteiger charge is 2.23. The Bertz CT molecular complexity index is 1490. The second-order valence-electron chi connectivity index (χ2n) is 10.5. The first-order valence-electron chi connectivity index (χ1n) is 14.3. The van der Waals surface area contributed by atoms with Gasteiger partial charge in [-0.05, 0) is 95.7 Å². The predicted molar refractivity (Wildman–Crippen MR) is 171 cm³/mol. The number of aliphatic carboxylic acids is 1. The zero-order chi connectivity index (χ0) is 31.0. The molecule has 0 aliphatic carbocycles. The Morgan fingerprint density at radius 3 is 2.19 bits per heavy atom. The number of ether oxygens (including phenoxy) is 2. The number of aryl methyl sites for hydroxylation is 1. The van der Waals surface area contributed by atoms with Crippen molar-refractivity contribution < 1.29 is 27.8 Å². The molecule has 0 aliphatic rings. The molecule has 1 N–H and O–H groups in total. The average Bonchev–Trinajstić information content (AvgIpc) is 2.93. The van der Waals surface area contributed by atoms with Crippen LogP contribution in [0.1, 0.15) is 73.8 Å². The van der Waals surface area contributed by atoms with Crippen molar-refractivity contribution in [3.05, 3.63) is 80.3 Å². The van der Waals surface area contributed by atoms with E-state index in [1.54, 1.807) is 0 Å². The molecule has 0 aliphatic heterocycles. The van der Waals surface area contributed by atoms with Crippen LogP contribution in [0.25, 0.3) is 11.1 Å². The van der Waals surface area contributed by atoms with Crippen molar-refractivity contribution in [3.8, 4) is 22.6 Å². The molecule has 9 heteroatoms. The van der Waals surface area contributed by atoms with E-state index in [0.29, 0.717) is 41.7 Å². The van der Waals surface area contributed by atoms with Gasteiger partial charge in [-0.1, -0.05) is 68.2 Å². The highest BCUT2D eigenvalue weighted by Crippen LogP contribution is 2.46. The van der Waals surface area contributed by atoms with Crippen LogP contribution in [0.4, 0.5) is 0 Å². The Hall–Kier alpha value is -2.74. The molecule has 0 aromatic heterocycles.